The predicted molar refractivity (Wildman–Crippen MR) is 98.7 cm³/mol. The molecule has 0 unspecified atom stereocenters. The van der Waals surface area contributed by atoms with Gasteiger partial charge in [-0.3, -0.25) is 14.5 Å². The molecule has 1 atom stereocenters. The highest BCUT2D eigenvalue weighted by Gasteiger charge is 2.49. The Balaban J connectivity index is 1.70. The lowest BCUT2D eigenvalue weighted by Crippen LogP contribution is -2.41. The molecular formula is C20H17F4N3O3. The van der Waals surface area contributed by atoms with Crippen molar-refractivity contribution in [1.29, 1.82) is 0 Å². The van der Waals surface area contributed by atoms with E-state index in [0.717, 1.165) is 35.2 Å². The molecule has 0 saturated carbocycles. The normalized spacial score (nSPS) is 19.0. The number of nitrogens with zero attached hydrogens (tertiary/aromatic N) is 1. The molecule has 1 fully saturated rings. The smallest absolute Gasteiger partial charge is 0.326 e. The van der Waals surface area contributed by atoms with E-state index in [-0.39, 0.29) is 18.5 Å². The van der Waals surface area contributed by atoms with Gasteiger partial charge in [-0.1, -0.05) is 12.1 Å². The van der Waals surface area contributed by atoms with Gasteiger partial charge in [-0.05, 0) is 48.9 Å². The molecule has 4 amide bonds. The van der Waals surface area contributed by atoms with Crippen LogP contribution < -0.4 is 10.6 Å². The third-order valence-electron chi connectivity index (χ3n) is 4.73. The van der Waals surface area contributed by atoms with Crippen molar-refractivity contribution >= 4 is 23.5 Å². The Bertz CT molecular complexity index is 992. The van der Waals surface area contributed by atoms with Crippen LogP contribution in [-0.4, -0.2) is 29.3 Å². The summed E-state index contributed by atoms with van der Waals surface area (Å²) >= 11 is 0. The summed E-state index contributed by atoms with van der Waals surface area (Å²) in [6.07, 6.45) is -4.84. The van der Waals surface area contributed by atoms with E-state index >= 15 is 0 Å². The minimum absolute atomic E-state index is 0.0195. The van der Waals surface area contributed by atoms with Gasteiger partial charge in [0.1, 0.15) is 11.4 Å². The van der Waals surface area contributed by atoms with E-state index < -0.39 is 40.9 Å². The van der Waals surface area contributed by atoms with Crippen LogP contribution in [0.15, 0.2) is 48.5 Å². The Morgan fingerprint density at radius 1 is 1.13 bits per heavy atom. The molecule has 10 heteroatoms. The number of alkyl halides is 3. The third kappa shape index (κ3) is 4.27. The molecule has 0 spiro atoms. The molecule has 1 aliphatic heterocycles. The first kappa shape index (κ1) is 21.3. The van der Waals surface area contributed by atoms with E-state index in [9.17, 15) is 31.9 Å². The number of halogens is 4. The summed E-state index contributed by atoms with van der Waals surface area (Å²) in [5, 5.41) is 4.90. The maximum Gasteiger partial charge on any atom is 0.416 e. The second-order valence-corrected chi connectivity index (χ2v) is 6.90. The van der Waals surface area contributed by atoms with Gasteiger partial charge in [0.25, 0.3) is 5.91 Å². The lowest BCUT2D eigenvalue weighted by atomic mass is 9.90. The molecule has 1 aliphatic rings. The van der Waals surface area contributed by atoms with Gasteiger partial charge in [-0.15, -0.1) is 0 Å². The summed E-state index contributed by atoms with van der Waals surface area (Å²) in [4.78, 5) is 37.9. The molecular weight excluding hydrogens is 406 g/mol. The van der Waals surface area contributed by atoms with Crippen molar-refractivity contribution in [2.75, 3.05) is 11.9 Å². The molecule has 30 heavy (non-hydrogen) atoms. The lowest BCUT2D eigenvalue weighted by molar-refractivity contribution is -0.138. The maximum absolute atomic E-state index is 13.0. The predicted octanol–water partition coefficient (Wildman–Crippen LogP) is 3.64. The molecule has 0 aliphatic carbocycles. The first-order valence-corrected chi connectivity index (χ1v) is 8.88. The van der Waals surface area contributed by atoms with Gasteiger partial charge in [-0.25, -0.2) is 9.18 Å². The zero-order chi connectivity index (χ0) is 22.1. The Labute approximate surface area is 168 Å². The number of amides is 4. The molecule has 3 rings (SSSR count). The van der Waals surface area contributed by atoms with Crippen LogP contribution in [0, 0.1) is 5.82 Å². The lowest BCUT2D eigenvalue weighted by Gasteiger charge is -2.23. The zero-order valence-electron chi connectivity index (χ0n) is 15.7. The van der Waals surface area contributed by atoms with Crippen LogP contribution in [0.3, 0.4) is 0 Å². The standard InChI is InChI=1S/C20H17F4N3O3/c1-19(12-3-2-4-13(11-12)20(22,23)24)17(29)27(18(30)26-19)10-9-16(28)25-15-7-5-14(21)6-8-15/h2-8,11H,9-10H2,1H3,(H,25,28)(H,26,30)/t19-/m1/s1. The van der Waals surface area contributed by atoms with Crippen LogP contribution in [0.4, 0.5) is 28.0 Å². The fraction of sp³-hybridized carbons (Fsp3) is 0.250. The van der Waals surface area contributed by atoms with E-state index in [1.807, 2.05) is 0 Å². The largest absolute Gasteiger partial charge is 0.416 e. The first-order chi connectivity index (χ1) is 14.0. The number of carbonyl (C=O) groups excluding carboxylic acids is 3. The van der Waals surface area contributed by atoms with Crippen molar-refractivity contribution < 1.29 is 31.9 Å². The number of hydrogen-bond donors (Lipinski definition) is 2. The summed E-state index contributed by atoms with van der Waals surface area (Å²) in [5.41, 5.74) is -2.31. The van der Waals surface area contributed by atoms with E-state index in [4.69, 9.17) is 0 Å². The number of anilines is 1. The summed E-state index contributed by atoms with van der Waals surface area (Å²) in [7, 11) is 0. The van der Waals surface area contributed by atoms with Crippen LogP contribution >= 0.6 is 0 Å². The van der Waals surface area contributed by atoms with Crippen LogP contribution in [0.1, 0.15) is 24.5 Å². The molecule has 6 nitrogen and oxygen atoms in total. The number of urea groups is 1. The average Bonchev–Trinajstić information content (AvgIpc) is 2.91. The monoisotopic (exact) mass is 423 g/mol. The van der Waals surface area contributed by atoms with Gasteiger partial charge in [0.15, 0.2) is 0 Å². The van der Waals surface area contributed by atoms with Gasteiger partial charge in [0.05, 0.1) is 5.56 Å². The highest BCUT2D eigenvalue weighted by Crippen LogP contribution is 2.34. The molecule has 158 valence electrons. The summed E-state index contributed by atoms with van der Waals surface area (Å²) in [6.45, 7) is 1.04. The molecule has 0 aromatic heterocycles. The second kappa shape index (κ2) is 7.77. The van der Waals surface area contributed by atoms with Crippen molar-refractivity contribution in [3.8, 4) is 0 Å². The topological polar surface area (TPSA) is 78.5 Å². The molecule has 0 radical (unpaired) electrons. The van der Waals surface area contributed by atoms with Crippen LogP contribution in [-0.2, 0) is 21.3 Å². The quantitative estimate of drug-likeness (QED) is 0.569. The number of hydrogen-bond acceptors (Lipinski definition) is 3. The van der Waals surface area contributed by atoms with Crippen LogP contribution in [0.25, 0.3) is 0 Å². The van der Waals surface area contributed by atoms with Crippen molar-refractivity contribution in [1.82, 2.24) is 10.2 Å². The molecule has 0 bridgehead atoms. The van der Waals surface area contributed by atoms with Crippen LogP contribution in [0.2, 0.25) is 0 Å². The molecule has 2 N–H and O–H groups in total. The van der Waals surface area contributed by atoms with Gasteiger partial charge in [0.2, 0.25) is 5.91 Å². The van der Waals surface area contributed by atoms with Gasteiger partial charge in [0, 0.05) is 18.7 Å². The highest BCUT2D eigenvalue weighted by molar-refractivity contribution is 6.07. The third-order valence-corrected chi connectivity index (χ3v) is 4.73. The second-order valence-electron chi connectivity index (χ2n) is 6.90. The minimum atomic E-state index is -4.60. The molecule has 1 saturated heterocycles. The maximum atomic E-state index is 13.0. The van der Waals surface area contributed by atoms with E-state index in [2.05, 4.69) is 10.6 Å². The van der Waals surface area contributed by atoms with Crippen molar-refractivity contribution in [3.63, 3.8) is 0 Å². The fourth-order valence-corrected chi connectivity index (χ4v) is 3.07. The summed E-state index contributed by atoms with van der Waals surface area (Å²) in [6, 6.07) is 8.36. The average molecular weight is 423 g/mol. The van der Waals surface area contributed by atoms with E-state index in [1.54, 1.807) is 0 Å². The van der Waals surface area contributed by atoms with Crippen LogP contribution in [0.5, 0.6) is 0 Å². The number of rotatable bonds is 5. The van der Waals surface area contributed by atoms with Crippen molar-refractivity contribution in [3.05, 3.63) is 65.5 Å². The fourth-order valence-electron chi connectivity index (χ4n) is 3.07. The first-order valence-electron chi connectivity index (χ1n) is 8.88. The molecule has 1 heterocycles. The summed E-state index contributed by atoms with van der Waals surface area (Å²) in [5.74, 6) is -1.75. The Morgan fingerprint density at radius 3 is 2.43 bits per heavy atom. The minimum Gasteiger partial charge on any atom is -0.326 e. The van der Waals surface area contributed by atoms with Gasteiger partial charge >= 0.3 is 12.2 Å². The number of nitrogens with one attached hydrogen (secondary N) is 2. The van der Waals surface area contributed by atoms with Crippen molar-refractivity contribution in [2.24, 2.45) is 0 Å². The Kier molecular flexibility index (Phi) is 5.51. The van der Waals surface area contributed by atoms with Gasteiger partial charge in [-0.2, -0.15) is 13.2 Å². The summed E-state index contributed by atoms with van der Waals surface area (Å²) < 4.78 is 51.9. The van der Waals surface area contributed by atoms with Crippen molar-refractivity contribution in [2.45, 2.75) is 25.1 Å². The SMILES string of the molecule is C[C@]1(c2cccc(C(F)(F)F)c2)NC(=O)N(CCC(=O)Nc2ccc(F)cc2)C1=O. The molecule has 2 aromatic carbocycles. The zero-order valence-corrected chi connectivity index (χ0v) is 15.7. The number of imide groups is 1. The Hall–Kier alpha value is -3.43. The Morgan fingerprint density at radius 2 is 1.80 bits per heavy atom. The number of carbonyl (C=O) groups is 3. The highest BCUT2D eigenvalue weighted by atomic mass is 19.4. The number of benzene rings is 2. The molecule has 2 aromatic rings. The van der Waals surface area contributed by atoms with E-state index in [0.29, 0.717) is 5.69 Å². The van der Waals surface area contributed by atoms with Gasteiger partial charge < -0.3 is 10.6 Å². The van der Waals surface area contributed by atoms with E-state index in [1.165, 1.54) is 25.1 Å².